The van der Waals surface area contributed by atoms with Gasteiger partial charge in [-0.3, -0.25) is 0 Å². The van der Waals surface area contributed by atoms with E-state index in [0.29, 0.717) is 13.1 Å². The fourth-order valence-electron chi connectivity index (χ4n) is 1.27. The van der Waals surface area contributed by atoms with Crippen LogP contribution in [0.15, 0.2) is 0 Å². The lowest BCUT2D eigenvalue weighted by atomic mass is 9.93. The van der Waals surface area contributed by atoms with Crippen LogP contribution in [0.5, 0.6) is 0 Å². The molecule has 0 aliphatic carbocycles. The average Bonchev–Trinajstić information content (AvgIpc) is 1.83. The molecule has 0 spiro atoms. The van der Waals surface area contributed by atoms with E-state index in [9.17, 15) is 0 Å². The molecule has 0 amide bonds. The number of nitrogens with zero attached hydrogens (tertiary/aromatic N) is 1. The molecule has 2 N–H and O–H groups in total. The second kappa shape index (κ2) is 2.27. The first-order chi connectivity index (χ1) is 5.31. The Balaban J connectivity index is 2.58. The lowest BCUT2D eigenvalue weighted by Crippen LogP contribution is -2.50. The molecule has 1 atom stereocenters. The van der Waals surface area contributed by atoms with Gasteiger partial charge in [0.25, 0.3) is 0 Å². The van der Waals surface area contributed by atoms with Crippen molar-refractivity contribution in [2.75, 3.05) is 20.1 Å². The third-order valence-electron chi connectivity index (χ3n) is 1.73. The third-order valence-corrected chi connectivity index (χ3v) is 1.73. The van der Waals surface area contributed by atoms with Crippen LogP contribution >= 0.6 is 0 Å². The zero-order chi connectivity index (χ0) is 9.41. The predicted octanol–water partition coefficient (Wildman–Crippen LogP) is 0.429. The quantitative estimate of drug-likeness (QED) is 0.516. The summed E-state index contributed by atoms with van der Waals surface area (Å²) in [5.41, 5.74) is 5.55. The number of nitrogens with two attached hydrogens (primary N) is 1. The maximum Gasteiger partial charge on any atom is 0.0394 e. The van der Waals surface area contributed by atoms with Gasteiger partial charge in [0.15, 0.2) is 0 Å². The van der Waals surface area contributed by atoms with Gasteiger partial charge in [-0.15, -0.1) is 0 Å². The van der Waals surface area contributed by atoms with Crippen LogP contribution in [0.3, 0.4) is 0 Å². The van der Waals surface area contributed by atoms with Gasteiger partial charge in [-0.1, -0.05) is 0 Å². The predicted molar refractivity (Wildman–Crippen MR) is 39.3 cm³/mol. The summed E-state index contributed by atoms with van der Waals surface area (Å²) in [5.74, 6) is 0. The van der Waals surface area contributed by atoms with Gasteiger partial charge in [-0.25, -0.2) is 0 Å². The van der Waals surface area contributed by atoms with E-state index in [2.05, 4.69) is 0 Å². The van der Waals surface area contributed by atoms with Crippen LogP contribution in [0.2, 0.25) is 0 Å². The van der Waals surface area contributed by atoms with E-state index in [1.807, 2.05) is 6.92 Å². The summed E-state index contributed by atoms with van der Waals surface area (Å²) in [4.78, 5) is 1.48. The Labute approximate surface area is 61.2 Å². The monoisotopic (exact) mass is 131 g/mol. The zero-order valence-electron chi connectivity index (χ0n) is 8.85. The molecule has 0 aromatic carbocycles. The maximum atomic E-state index is 7.21. The molecule has 0 bridgehead atoms. The fourth-order valence-corrected chi connectivity index (χ4v) is 1.27. The van der Waals surface area contributed by atoms with Crippen LogP contribution < -0.4 is 5.73 Å². The molecule has 54 valence electrons. The Morgan fingerprint density at radius 2 is 2.56 bits per heavy atom. The standard InChI is InChI=1S/C7H16N2/c1-7(8)4-3-5-9(2)6-7/h3-6,8H2,1-2H3/t7-/m1/s1/i2D3. The summed E-state index contributed by atoms with van der Waals surface area (Å²) in [7, 11) is 0. The molecule has 1 aliphatic rings. The van der Waals surface area contributed by atoms with E-state index < -0.39 is 6.98 Å². The Hall–Kier alpha value is -0.0800. The van der Waals surface area contributed by atoms with Crippen LogP contribution in [-0.2, 0) is 0 Å². The summed E-state index contributed by atoms with van der Waals surface area (Å²) in [5, 5.41) is 0. The van der Waals surface area contributed by atoms with E-state index in [-0.39, 0.29) is 5.54 Å². The SMILES string of the molecule is [2H]C([2H])([2H])N1CCC[C@@](C)(N)C1. The van der Waals surface area contributed by atoms with Gasteiger partial charge in [0.05, 0.1) is 0 Å². The van der Waals surface area contributed by atoms with Crippen molar-refractivity contribution >= 4 is 0 Å². The van der Waals surface area contributed by atoms with Crippen molar-refractivity contribution in [3.63, 3.8) is 0 Å². The highest BCUT2D eigenvalue weighted by Crippen LogP contribution is 2.15. The second-order valence-corrected chi connectivity index (χ2v) is 3.18. The topological polar surface area (TPSA) is 29.3 Å². The first kappa shape index (κ1) is 3.94. The Morgan fingerprint density at radius 1 is 1.78 bits per heavy atom. The fraction of sp³-hybridized carbons (Fsp3) is 1.00. The molecule has 1 saturated heterocycles. The van der Waals surface area contributed by atoms with Crippen LogP contribution in [0.25, 0.3) is 0 Å². The number of rotatable bonds is 0. The number of piperidine rings is 1. The van der Waals surface area contributed by atoms with E-state index in [1.54, 1.807) is 0 Å². The van der Waals surface area contributed by atoms with Crippen molar-refractivity contribution < 1.29 is 4.11 Å². The molecular weight excluding hydrogens is 112 g/mol. The van der Waals surface area contributed by atoms with Gasteiger partial charge in [0, 0.05) is 16.2 Å². The number of likely N-dealkylation sites (N-methyl/N-ethyl adjacent to an activating group) is 1. The molecule has 0 aromatic rings. The Bertz CT molecular complexity index is 161. The molecule has 1 aliphatic heterocycles. The van der Waals surface area contributed by atoms with Gasteiger partial charge in [0.1, 0.15) is 0 Å². The van der Waals surface area contributed by atoms with Crippen molar-refractivity contribution in [3.05, 3.63) is 0 Å². The summed E-state index contributed by atoms with van der Waals surface area (Å²) < 4.78 is 21.6. The van der Waals surface area contributed by atoms with Crippen molar-refractivity contribution in [2.24, 2.45) is 5.73 Å². The minimum Gasteiger partial charge on any atom is -0.324 e. The van der Waals surface area contributed by atoms with Crippen molar-refractivity contribution in [1.29, 1.82) is 0 Å². The molecule has 1 rings (SSSR count). The minimum absolute atomic E-state index is 0.327. The highest BCUT2D eigenvalue weighted by molar-refractivity contribution is 4.85. The highest BCUT2D eigenvalue weighted by Gasteiger charge is 2.23. The highest BCUT2D eigenvalue weighted by atomic mass is 15.1. The van der Waals surface area contributed by atoms with Crippen LogP contribution in [0.1, 0.15) is 23.9 Å². The molecule has 1 fully saturated rings. The van der Waals surface area contributed by atoms with Crippen LogP contribution in [0, 0.1) is 0 Å². The molecule has 0 saturated carbocycles. The van der Waals surface area contributed by atoms with E-state index >= 15 is 0 Å². The van der Waals surface area contributed by atoms with Gasteiger partial charge < -0.3 is 10.6 Å². The molecule has 1 heterocycles. The molecular formula is C7H16N2. The zero-order valence-corrected chi connectivity index (χ0v) is 5.85. The first-order valence-electron chi connectivity index (χ1n) is 4.85. The van der Waals surface area contributed by atoms with Gasteiger partial charge in [-0.05, 0) is 33.3 Å². The second-order valence-electron chi connectivity index (χ2n) is 3.18. The van der Waals surface area contributed by atoms with E-state index in [4.69, 9.17) is 9.85 Å². The lowest BCUT2D eigenvalue weighted by Gasteiger charge is -2.35. The smallest absolute Gasteiger partial charge is 0.0394 e. The molecule has 0 aromatic heterocycles. The van der Waals surface area contributed by atoms with Crippen LogP contribution in [-0.4, -0.2) is 30.5 Å². The average molecular weight is 131 g/mol. The van der Waals surface area contributed by atoms with Gasteiger partial charge >= 0.3 is 0 Å². The van der Waals surface area contributed by atoms with Gasteiger partial charge in [0.2, 0.25) is 0 Å². The number of likely N-dealkylation sites (tertiary alicyclic amines) is 1. The summed E-state index contributed by atoms with van der Waals surface area (Å²) in [6.45, 7) is 1.05. The molecule has 0 unspecified atom stereocenters. The number of hydrogen-bond donors (Lipinski definition) is 1. The molecule has 0 radical (unpaired) electrons. The lowest BCUT2D eigenvalue weighted by molar-refractivity contribution is 0.192. The molecule has 2 nitrogen and oxygen atoms in total. The Morgan fingerprint density at radius 3 is 3.00 bits per heavy atom. The summed E-state index contributed by atoms with van der Waals surface area (Å²) >= 11 is 0. The normalized spacial score (nSPS) is 45.3. The third kappa shape index (κ3) is 1.95. The largest absolute Gasteiger partial charge is 0.324 e. The maximum absolute atomic E-state index is 7.21. The minimum atomic E-state index is -1.97. The van der Waals surface area contributed by atoms with Crippen LogP contribution in [0.4, 0.5) is 0 Å². The molecule has 9 heavy (non-hydrogen) atoms. The summed E-state index contributed by atoms with van der Waals surface area (Å²) in [6, 6.07) is 0. The number of hydrogen-bond acceptors (Lipinski definition) is 2. The van der Waals surface area contributed by atoms with Crippen molar-refractivity contribution in [1.82, 2.24) is 4.90 Å². The van der Waals surface area contributed by atoms with E-state index in [0.717, 1.165) is 12.8 Å². The van der Waals surface area contributed by atoms with E-state index in [1.165, 1.54) is 4.90 Å². The first-order valence-corrected chi connectivity index (χ1v) is 3.35. The summed E-state index contributed by atoms with van der Waals surface area (Å²) in [6.07, 6.45) is 1.80. The van der Waals surface area contributed by atoms with Crippen molar-refractivity contribution in [2.45, 2.75) is 25.3 Å². The van der Waals surface area contributed by atoms with Crippen molar-refractivity contribution in [3.8, 4) is 0 Å². The van der Waals surface area contributed by atoms with Gasteiger partial charge in [-0.2, -0.15) is 0 Å². The Kier molecular flexibility index (Phi) is 0.994. The molecule has 2 heteroatoms.